The zero-order valence-electron chi connectivity index (χ0n) is 17.2. The molecule has 0 aliphatic heterocycles. The van der Waals surface area contributed by atoms with E-state index in [1.54, 1.807) is 0 Å². The van der Waals surface area contributed by atoms with Gasteiger partial charge in [-0.25, -0.2) is 0 Å². The van der Waals surface area contributed by atoms with Gasteiger partial charge in [-0.1, -0.05) is 17.7 Å². The molecule has 8 heteroatoms. The molecule has 0 spiro atoms. The Labute approximate surface area is 181 Å². The molecule has 160 valence electrons. The van der Waals surface area contributed by atoms with Crippen molar-refractivity contribution in [3.63, 3.8) is 0 Å². The summed E-state index contributed by atoms with van der Waals surface area (Å²) in [5.41, 5.74) is 15.3. The van der Waals surface area contributed by atoms with E-state index in [0.29, 0.717) is 13.2 Å². The summed E-state index contributed by atoms with van der Waals surface area (Å²) in [5, 5.41) is 20.0. The topological polar surface area (TPSA) is 142 Å². The summed E-state index contributed by atoms with van der Waals surface area (Å²) >= 11 is 0. The SMILES string of the molecule is Cc1cc(COc2ccc(NC(=N)N)cc2)cc(COc2ccc(NC(=N)N)cc2)c1. The Morgan fingerprint density at radius 3 is 1.45 bits per heavy atom. The monoisotopic (exact) mass is 418 g/mol. The number of guanidine groups is 2. The van der Waals surface area contributed by atoms with Crippen LogP contribution in [-0.4, -0.2) is 11.9 Å². The minimum Gasteiger partial charge on any atom is -0.489 e. The molecule has 0 radical (unpaired) electrons. The first-order valence-electron chi connectivity index (χ1n) is 9.64. The maximum Gasteiger partial charge on any atom is 0.190 e. The predicted molar refractivity (Wildman–Crippen MR) is 124 cm³/mol. The van der Waals surface area contributed by atoms with Crippen LogP contribution in [0.15, 0.2) is 66.7 Å². The Hall–Kier alpha value is -4.20. The summed E-state index contributed by atoms with van der Waals surface area (Å²) in [6, 6.07) is 20.8. The largest absolute Gasteiger partial charge is 0.489 e. The van der Waals surface area contributed by atoms with Crippen LogP contribution in [0.2, 0.25) is 0 Å². The number of hydrogen-bond donors (Lipinski definition) is 6. The second-order valence-electron chi connectivity index (χ2n) is 7.03. The molecule has 0 saturated carbocycles. The maximum atomic E-state index is 7.25. The summed E-state index contributed by atoms with van der Waals surface area (Å²) in [6.45, 7) is 2.90. The van der Waals surface area contributed by atoms with Gasteiger partial charge in [-0.05, 0) is 72.6 Å². The van der Waals surface area contributed by atoms with E-state index in [4.69, 9.17) is 31.8 Å². The fourth-order valence-electron chi connectivity index (χ4n) is 3.03. The molecule has 0 bridgehead atoms. The van der Waals surface area contributed by atoms with Crippen molar-refractivity contribution < 1.29 is 9.47 Å². The average Bonchev–Trinajstić information content (AvgIpc) is 2.72. The predicted octanol–water partition coefficient (Wildman–Crippen LogP) is 3.76. The highest BCUT2D eigenvalue weighted by atomic mass is 16.5. The minimum absolute atomic E-state index is 0.105. The van der Waals surface area contributed by atoms with Gasteiger partial charge >= 0.3 is 0 Å². The van der Waals surface area contributed by atoms with E-state index in [9.17, 15) is 0 Å². The highest BCUT2D eigenvalue weighted by Crippen LogP contribution is 2.20. The second-order valence-corrected chi connectivity index (χ2v) is 7.03. The molecule has 3 aromatic rings. The molecule has 3 rings (SSSR count). The van der Waals surface area contributed by atoms with Gasteiger partial charge in [0.05, 0.1) is 0 Å². The fourth-order valence-corrected chi connectivity index (χ4v) is 3.03. The van der Waals surface area contributed by atoms with E-state index in [-0.39, 0.29) is 11.9 Å². The molecule has 0 aliphatic rings. The van der Waals surface area contributed by atoms with Crippen LogP contribution in [0, 0.1) is 17.7 Å². The van der Waals surface area contributed by atoms with Crippen LogP contribution in [0.5, 0.6) is 11.5 Å². The van der Waals surface area contributed by atoms with E-state index in [1.165, 1.54) is 0 Å². The Morgan fingerprint density at radius 1 is 0.710 bits per heavy atom. The number of benzene rings is 3. The molecule has 0 saturated heterocycles. The Morgan fingerprint density at radius 2 is 1.10 bits per heavy atom. The molecule has 0 unspecified atom stereocenters. The number of anilines is 2. The third-order valence-electron chi connectivity index (χ3n) is 4.27. The van der Waals surface area contributed by atoms with Gasteiger partial charge in [0, 0.05) is 11.4 Å². The van der Waals surface area contributed by atoms with Crippen LogP contribution >= 0.6 is 0 Å². The van der Waals surface area contributed by atoms with Crippen molar-refractivity contribution in [3.8, 4) is 11.5 Å². The van der Waals surface area contributed by atoms with Crippen molar-refractivity contribution in [1.29, 1.82) is 10.8 Å². The van der Waals surface area contributed by atoms with Crippen LogP contribution < -0.4 is 31.6 Å². The number of rotatable bonds is 8. The van der Waals surface area contributed by atoms with Gasteiger partial charge in [-0.15, -0.1) is 0 Å². The Balaban J connectivity index is 1.57. The summed E-state index contributed by atoms with van der Waals surface area (Å²) in [7, 11) is 0. The molecule has 0 aliphatic carbocycles. The van der Waals surface area contributed by atoms with Crippen LogP contribution in [0.3, 0.4) is 0 Å². The van der Waals surface area contributed by atoms with Gasteiger partial charge < -0.3 is 31.6 Å². The van der Waals surface area contributed by atoms with E-state index in [1.807, 2.05) is 55.5 Å². The smallest absolute Gasteiger partial charge is 0.190 e. The molecule has 0 fully saturated rings. The molecular weight excluding hydrogens is 392 g/mol. The quantitative estimate of drug-likeness (QED) is 0.243. The lowest BCUT2D eigenvalue weighted by Gasteiger charge is -2.12. The number of nitrogens with two attached hydrogens (primary N) is 2. The van der Waals surface area contributed by atoms with Gasteiger partial charge in [0.25, 0.3) is 0 Å². The normalized spacial score (nSPS) is 10.2. The summed E-state index contributed by atoms with van der Waals surface area (Å²) in [6.07, 6.45) is 0. The van der Waals surface area contributed by atoms with Crippen molar-refractivity contribution in [1.82, 2.24) is 0 Å². The molecule has 0 atom stereocenters. The first-order valence-corrected chi connectivity index (χ1v) is 9.64. The lowest BCUT2D eigenvalue weighted by atomic mass is 10.1. The molecule has 8 nitrogen and oxygen atoms in total. The summed E-state index contributed by atoms with van der Waals surface area (Å²) < 4.78 is 11.8. The van der Waals surface area contributed by atoms with Crippen LogP contribution in [0.1, 0.15) is 16.7 Å². The highest BCUT2D eigenvalue weighted by Gasteiger charge is 2.03. The van der Waals surface area contributed by atoms with Gasteiger partial charge in [0.2, 0.25) is 0 Å². The first kappa shape index (κ1) is 21.5. The first-order chi connectivity index (χ1) is 14.9. The fraction of sp³-hybridized carbons (Fsp3) is 0.130. The third kappa shape index (κ3) is 6.97. The van der Waals surface area contributed by atoms with Crippen LogP contribution in [0.4, 0.5) is 11.4 Å². The summed E-state index contributed by atoms with van der Waals surface area (Å²) in [5.74, 6) is 1.25. The van der Waals surface area contributed by atoms with Gasteiger partial charge in [0.15, 0.2) is 11.9 Å². The molecule has 0 aromatic heterocycles. The van der Waals surface area contributed by atoms with Crippen molar-refractivity contribution >= 4 is 23.3 Å². The van der Waals surface area contributed by atoms with E-state index >= 15 is 0 Å². The lowest BCUT2D eigenvalue weighted by molar-refractivity contribution is 0.300. The summed E-state index contributed by atoms with van der Waals surface area (Å²) in [4.78, 5) is 0. The van der Waals surface area contributed by atoms with Crippen LogP contribution in [-0.2, 0) is 13.2 Å². The lowest BCUT2D eigenvalue weighted by Crippen LogP contribution is -2.20. The van der Waals surface area contributed by atoms with Crippen molar-refractivity contribution in [3.05, 3.63) is 83.4 Å². The molecule has 31 heavy (non-hydrogen) atoms. The minimum atomic E-state index is -0.105. The standard InChI is InChI=1S/C23H26N6O2/c1-15-10-16(13-30-20-6-2-18(3-7-20)28-22(24)25)12-17(11-15)14-31-21-8-4-19(5-9-21)29-23(26)27/h2-12H,13-14H2,1H3,(H4,24,25,28)(H4,26,27,29). The molecule has 3 aromatic carbocycles. The molecular formula is C23H26N6O2. The van der Waals surface area contributed by atoms with Gasteiger partial charge in [0.1, 0.15) is 24.7 Å². The number of nitrogens with one attached hydrogen (secondary N) is 4. The van der Waals surface area contributed by atoms with Crippen molar-refractivity contribution in [2.75, 3.05) is 10.6 Å². The number of aryl methyl sites for hydroxylation is 1. The Bertz CT molecular complexity index is 967. The highest BCUT2D eigenvalue weighted by molar-refractivity contribution is 5.90. The average molecular weight is 419 g/mol. The number of ether oxygens (including phenoxy) is 2. The van der Waals surface area contributed by atoms with E-state index in [0.717, 1.165) is 39.6 Å². The molecule has 8 N–H and O–H groups in total. The van der Waals surface area contributed by atoms with Gasteiger partial charge in [-0.3, -0.25) is 10.8 Å². The van der Waals surface area contributed by atoms with Crippen molar-refractivity contribution in [2.24, 2.45) is 11.5 Å². The second kappa shape index (κ2) is 10.0. The van der Waals surface area contributed by atoms with Gasteiger partial charge in [-0.2, -0.15) is 0 Å². The van der Waals surface area contributed by atoms with E-state index < -0.39 is 0 Å². The molecule has 0 heterocycles. The maximum absolute atomic E-state index is 7.25. The zero-order valence-corrected chi connectivity index (χ0v) is 17.2. The van der Waals surface area contributed by atoms with E-state index in [2.05, 4.69) is 28.8 Å². The molecule has 0 amide bonds. The Kier molecular flexibility index (Phi) is 6.95. The van der Waals surface area contributed by atoms with Crippen LogP contribution in [0.25, 0.3) is 0 Å². The number of hydrogen-bond acceptors (Lipinski definition) is 4. The van der Waals surface area contributed by atoms with Crippen molar-refractivity contribution in [2.45, 2.75) is 20.1 Å². The third-order valence-corrected chi connectivity index (χ3v) is 4.27. The zero-order chi connectivity index (χ0) is 22.2.